The molecule has 2 unspecified atom stereocenters. The number of nitrogens with zero attached hydrogens (tertiary/aromatic N) is 1. The summed E-state index contributed by atoms with van der Waals surface area (Å²) in [5.74, 6) is -1.62. The van der Waals surface area contributed by atoms with Crippen molar-refractivity contribution in [1.29, 1.82) is 0 Å². The van der Waals surface area contributed by atoms with Gasteiger partial charge in [-0.3, -0.25) is 0 Å². The Hall–Kier alpha value is -1.62. The molecule has 110 valence electrons. The minimum atomic E-state index is -1.30. The summed E-state index contributed by atoms with van der Waals surface area (Å²) < 4.78 is 19.3. The Bertz CT molecular complexity index is 492. The molecular formula is C15H20FNO3. The molecule has 5 heteroatoms. The summed E-state index contributed by atoms with van der Waals surface area (Å²) in [6, 6.07) is 4.11. The van der Waals surface area contributed by atoms with Gasteiger partial charge < -0.3 is 14.7 Å². The predicted octanol–water partition coefficient (Wildman–Crippen LogP) is 2.63. The maximum atomic E-state index is 13.6. The number of hydrogen-bond donors (Lipinski definition) is 1. The van der Waals surface area contributed by atoms with E-state index in [9.17, 15) is 9.18 Å². The fourth-order valence-corrected chi connectivity index (χ4v) is 2.70. The standard InChI is InChI=1S/C15H20FNO3/c1-10(11-5-4-8-17(2)9-11)20-13-7-3-6-12(16)14(13)15(18)19/h3,6-7,10-11H,4-5,8-9H2,1-2H3,(H,18,19). The highest BCUT2D eigenvalue weighted by Crippen LogP contribution is 2.27. The van der Waals surface area contributed by atoms with E-state index in [0.717, 1.165) is 32.0 Å². The summed E-state index contributed by atoms with van der Waals surface area (Å²) in [7, 11) is 2.06. The highest BCUT2D eigenvalue weighted by atomic mass is 19.1. The number of ether oxygens (including phenoxy) is 1. The van der Waals surface area contributed by atoms with Crippen molar-refractivity contribution in [3.8, 4) is 5.75 Å². The number of hydrogen-bond acceptors (Lipinski definition) is 3. The second kappa shape index (κ2) is 6.22. The second-order valence-corrected chi connectivity index (χ2v) is 5.41. The number of carbonyl (C=O) groups is 1. The molecule has 1 aliphatic heterocycles. The number of aromatic carboxylic acids is 1. The van der Waals surface area contributed by atoms with Gasteiger partial charge in [-0.1, -0.05) is 6.07 Å². The molecule has 2 atom stereocenters. The molecule has 4 nitrogen and oxygen atoms in total. The van der Waals surface area contributed by atoms with Crippen molar-refractivity contribution >= 4 is 5.97 Å². The molecule has 0 radical (unpaired) electrons. The smallest absolute Gasteiger partial charge is 0.342 e. The van der Waals surface area contributed by atoms with Crippen LogP contribution in [-0.2, 0) is 0 Å². The van der Waals surface area contributed by atoms with Crippen LogP contribution in [0.4, 0.5) is 4.39 Å². The highest BCUT2D eigenvalue weighted by molar-refractivity contribution is 5.91. The largest absolute Gasteiger partial charge is 0.489 e. The average Bonchev–Trinajstić information content (AvgIpc) is 2.38. The molecule has 0 spiro atoms. The van der Waals surface area contributed by atoms with E-state index in [2.05, 4.69) is 11.9 Å². The van der Waals surface area contributed by atoms with E-state index in [-0.39, 0.29) is 17.4 Å². The second-order valence-electron chi connectivity index (χ2n) is 5.41. The van der Waals surface area contributed by atoms with Crippen molar-refractivity contribution in [2.75, 3.05) is 20.1 Å². The molecule has 1 heterocycles. The van der Waals surface area contributed by atoms with Crippen LogP contribution >= 0.6 is 0 Å². The van der Waals surface area contributed by atoms with Crippen LogP contribution in [0.15, 0.2) is 18.2 Å². The summed E-state index contributed by atoms with van der Waals surface area (Å²) in [6.07, 6.45) is 2.00. The zero-order valence-electron chi connectivity index (χ0n) is 11.8. The number of carboxylic acids is 1. The lowest BCUT2D eigenvalue weighted by molar-refractivity contribution is 0.0663. The molecule has 1 aromatic carbocycles. The van der Waals surface area contributed by atoms with Crippen LogP contribution in [0.1, 0.15) is 30.1 Å². The maximum Gasteiger partial charge on any atom is 0.342 e. The Morgan fingerprint density at radius 3 is 2.95 bits per heavy atom. The van der Waals surface area contributed by atoms with Gasteiger partial charge in [-0.2, -0.15) is 0 Å². The molecule has 1 aromatic rings. The maximum absolute atomic E-state index is 13.6. The Morgan fingerprint density at radius 2 is 2.30 bits per heavy atom. The molecular weight excluding hydrogens is 261 g/mol. The van der Waals surface area contributed by atoms with Gasteiger partial charge in [-0.25, -0.2) is 9.18 Å². The van der Waals surface area contributed by atoms with E-state index < -0.39 is 11.8 Å². The van der Waals surface area contributed by atoms with Gasteiger partial charge in [0.05, 0.1) is 6.10 Å². The quantitative estimate of drug-likeness (QED) is 0.921. The van der Waals surface area contributed by atoms with Crippen molar-refractivity contribution in [3.05, 3.63) is 29.6 Å². The molecule has 0 aromatic heterocycles. The number of piperidine rings is 1. The summed E-state index contributed by atoms with van der Waals surface area (Å²) >= 11 is 0. The molecule has 1 saturated heterocycles. The van der Waals surface area contributed by atoms with Gasteiger partial charge in [0, 0.05) is 12.5 Å². The average molecular weight is 281 g/mol. The van der Waals surface area contributed by atoms with E-state index in [1.165, 1.54) is 12.1 Å². The van der Waals surface area contributed by atoms with Gasteiger partial charge in [-0.15, -0.1) is 0 Å². The molecule has 0 amide bonds. The third-order valence-corrected chi connectivity index (χ3v) is 3.83. The first-order chi connectivity index (χ1) is 9.49. The molecule has 20 heavy (non-hydrogen) atoms. The lowest BCUT2D eigenvalue weighted by atomic mass is 9.93. The number of carboxylic acid groups (broad SMARTS) is 1. The SMILES string of the molecule is CC(Oc1cccc(F)c1C(=O)O)C1CCCN(C)C1. The van der Waals surface area contributed by atoms with E-state index in [0.29, 0.717) is 5.92 Å². The van der Waals surface area contributed by atoms with E-state index in [1.54, 1.807) is 0 Å². The van der Waals surface area contributed by atoms with Crippen LogP contribution in [0.25, 0.3) is 0 Å². The third kappa shape index (κ3) is 3.28. The van der Waals surface area contributed by atoms with E-state index in [4.69, 9.17) is 9.84 Å². The predicted molar refractivity (Wildman–Crippen MR) is 73.7 cm³/mol. The van der Waals surface area contributed by atoms with Crippen LogP contribution in [0.3, 0.4) is 0 Å². The van der Waals surface area contributed by atoms with Crippen molar-refractivity contribution < 1.29 is 19.0 Å². The van der Waals surface area contributed by atoms with Crippen LogP contribution in [0.5, 0.6) is 5.75 Å². The zero-order chi connectivity index (χ0) is 14.7. The molecule has 0 bridgehead atoms. The normalized spacial score (nSPS) is 21.4. The number of halogens is 1. The van der Waals surface area contributed by atoms with Gasteiger partial charge in [0.15, 0.2) is 0 Å². The van der Waals surface area contributed by atoms with Crippen molar-refractivity contribution in [2.45, 2.75) is 25.9 Å². The van der Waals surface area contributed by atoms with E-state index >= 15 is 0 Å². The van der Waals surface area contributed by atoms with Gasteiger partial charge in [-0.05, 0) is 45.5 Å². The highest BCUT2D eigenvalue weighted by Gasteiger charge is 2.26. The van der Waals surface area contributed by atoms with Gasteiger partial charge in [0.2, 0.25) is 0 Å². The molecule has 1 fully saturated rings. The van der Waals surface area contributed by atoms with Gasteiger partial charge in [0.1, 0.15) is 17.1 Å². The Labute approximate surface area is 118 Å². The fraction of sp³-hybridized carbons (Fsp3) is 0.533. The number of likely N-dealkylation sites (tertiary alicyclic amines) is 1. The summed E-state index contributed by atoms with van der Waals surface area (Å²) in [5.41, 5.74) is -0.386. The number of benzene rings is 1. The van der Waals surface area contributed by atoms with Crippen LogP contribution < -0.4 is 4.74 Å². The Kier molecular flexibility index (Phi) is 4.60. The molecule has 0 aliphatic carbocycles. The third-order valence-electron chi connectivity index (χ3n) is 3.83. The molecule has 1 N–H and O–H groups in total. The lowest BCUT2D eigenvalue weighted by Crippen LogP contribution is -2.39. The number of rotatable bonds is 4. The summed E-state index contributed by atoms with van der Waals surface area (Å²) in [5, 5.41) is 9.08. The van der Waals surface area contributed by atoms with Gasteiger partial charge >= 0.3 is 5.97 Å². The Morgan fingerprint density at radius 1 is 1.55 bits per heavy atom. The minimum absolute atomic E-state index is 0.109. The summed E-state index contributed by atoms with van der Waals surface area (Å²) in [4.78, 5) is 13.4. The fourth-order valence-electron chi connectivity index (χ4n) is 2.70. The van der Waals surface area contributed by atoms with Crippen molar-refractivity contribution in [1.82, 2.24) is 4.90 Å². The van der Waals surface area contributed by atoms with Crippen LogP contribution in [0, 0.1) is 11.7 Å². The molecule has 2 rings (SSSR count). The first-order valence-electron chi connectivity index (χ1n) is 6.86. The topological polar surface area (TPSA) is 49.8 Å². The van der Waals surface area contributed by atoms with E-state index in [1.807, 2.05) is 6.92 Å². The Balaban J connectivity index is 2.13. The zero-order valence-corrected chi connectivity index (χ0v) is 11.8. The summed E-state index contributed by atoms with van der Waals surface area (Å²) in [6.45, 7) is 3.91. The lowest BCUT2D eigenvalue weighted by Gasteiger charge is -2.33. The first kappa shape index (κ1) is 14.8. The van der Waals surface area contributed by atoms with Gasteiger partial charge in [0.25, 0.3) is 0 Å². The minimum Gasteiger partial charge on any atom is -0.489 e. The van der Waals surface area contributed by atoms with Crippen molar-refractivity contribution in [3.63, 3.8) is 0 Å². The van der Waals surface area contributed by atoms with Crippen molar-refractivity contribution in [2.24, 2.45) is 5.92 Å². The van der Waals surface area contributed by atoms with Crippen LogP contribution in [0.2, 0.25) is 0 Å². The molecule has 0 saturated carbocycles. The first-order valence-corrected chi connectivity index (χ1v) is 6.86. The molecule has 1 aliphatic rings. The van der Waals surface area contributed by atoms with Crippen LogP contribution in [-0.4, -0.2) is 42.2 Å². The monoisotopic (exact) mass is 281 g/mol.